The van der Waals surface area contributed by atoms with E-state index in [1.807, 2.05) is 6.92 Å². The molecule has 1 saturated heterocycles. The first-order chi connectivity index (χ1) is 8.63. The second kappa shape index (κ2) is 7.92. The molecule has 0 radical (unpaired) electrons. The molecule has 1 fully saturated rings. The van der Waals surface area contributed by atoms with E-state index in [1.165, 1.54) is 4.90 Å². The predicted molar refractivity (Wildman–Crippen MR) is 66.4 cm³/mol. The molecular weight excluding hydrogens is 236 g/mol. The fraction of sp³-hybridized carbons (Fsp3) is 0.833. The summed E-state index contributed by atoms with van der Waals surface area (Å²) in [5.41, 5.74) is 0. The van der Waals surface area contributed by atoms with Crippen LogP contribution >= 0.6 is 0 Å². The third-order valence-electron chi connectivity index (χ3n) is 2.99. The number of amides is 2. The number of nitrogens with one attached hydrogen (secondary N) is 1. The van der Waals surface area contributed by atoms with Gasteiger partial charge in [0.15, 0.2) is 0 Å². The molecule has 0 aromatic heterocycles. The Balaban J connectivity index is 2.32. The Labute approximate surface area is 107 Å². The van der Waals surface area contributed by atoms with Crippen LogP contribution in [0.5, 0.6) is 0 Å². The summed E-state index contributed by atoms with van der Waals surface area (Å²) in [7, 11) is 0. The van der Waals surface area contributed by atoms with Gasteiger partial charge < -0.3 is 20.1 Å². The molecule has 104 valence electrons. The van der Waals surface area contributed by atoms with Crippen molar-refractivity contribution < 1.29 is 19.4 Å². The summed E-state index contributed by atoms with van der Waals surface area (Å²) < 4.78 is 5.24. The number of carboxylic acid groups (broad SMARTS) is 1. The van der Waals surface area contributed by atoms with Crippen molar-refractivity contribution in [1.82, 2.24) is 10.2 Å². The highest BCUT2D eigenvalue weighted by atomic mass is 16.5. The van der Waals surface area contributed by atoms with Gasteiger partial charge in [0.05, 0.1) is 0 Å². The molecule has 1 heterocycles. The zero-order chi connectivity index (χ0) is 13.4. The number of rotatable bonds is 6. The van der Waals surface area contributed by atoms with Gasteiger partial charge >= 0.3 is 12.0 Å². The summed E-state index contributed by atoms with van der Waals surface area (Å²) in [6, 6.07) is -0.286. The van der Waals surface area contributed by atoms with Gasteiger partial charge in [0.2, 0.25) is 0 Å². The van der Waals surface area contributed by atoms with Crippen LogP contribution in [0.1, 0.15) is 26.2 Å². The second-order valence-electron chi connectivity index (χ2n) is 4.56. The number of urea groups is 1. The first kappa shape index (κ1) is 14.8. The average Bonchev–Trinajstić information content (AvgIpc) is 2.36. The van der Waals surface area contributed by atoms with Gasteiger partial charge in [-0.1, -0.05) is 6.92 Å². The minimum atomic E-state index is -0.982. The molecule has 0 aliphatic carbocycles. The minimum absolute atomic E-state index is 0.243. The van der Waals surface area contributed by atoms with Crippen molar-refractivity contribution in [3.8, 4) is 0 Å². The number of hydrogen-bond acceptors (Lipinski definition) is 3. The van der Waals surface area contributed by atoms with Crippen molar-refractivity contribution in [2.24, 2.45) is 5.92 Å². The maximum Gasteiger partial charge on any atom is 0.323 e. The average molecular weight is 258 g/mol. The summed E-state index contributed by atoms with van der Waals surface area (Å²) in [6.45, 7) is 4.23. The molecule has 6 heteroatoms. The maximum absolute atomic E-state index is 11.8. The first-order valence-corrected chi connectivity index (χ1v) is 6.45. The Morgan fingerprint density at radius 2 is 2.06 bits per heavy atom. The summed E-state index contributed by atoms with van der Waals surface area (Å²) in [5.74, 6) is -0.541. The van der Waals surface area contributed by atoms with Gasteiger partial charge in [0.1, 0.15) is 6.54 Å². The van der Waals surface area contributed by atoms with Gasteiger partial charge in [-0.3, -0.25) is 4.79 Å². The Hall–Kier alpha value is -1.30. The van der Waals surface area contributed by atoms with Crippen LogP contribution in [0.25, 0.3) is 0 Å². The minimum Gasteiger partial charge on any atom is -0.480 e. The van der Waals surface area contributed by atoms with Gasteiger partial charge in [-0.05, 0) is 25.2 Å². The lowest BCUT2D eigenvalue weighted by atomic mass is 10.0. The Bertz CT molecular complexity index is 277. The van der Waals surface area contributed by atoms with E-state index in [4.69, 9.17) is 9.84 Å². The van der Waals surface area contributed by atoms with Crippen LogP contribution in [-0.2, 0) is 9.53 Å². The zero-order valence-electron chi connectivity index (χ0n) is 10.9. The third-order valence-corrected chi connectivity index (χ3v) is 2.99. The van der Waals surface area contributed by atoms with Crippen molar-refractivity contribution in [3.63, 3.8) is 0 Å². The Morgan fingerprint density at radius 3 is 2.61 bits per heavy atom. The quantitative estimate of drug-likeness (QED) is 0.742. The highest BCUT2D eigenvalue weighted by molar-refractivity contribution is 5.80. The molecule has 18 heavy (non-hydrogen) atoms. The lowest BCUT2D eigenvalue weighted by Gasteiger charge is -2.25. The van der Waals surface area contributed by atoms with Crippen molar-refractivity contribution in [3.05, 3.63) is 0 Å². The second-order valence-corrected chi connectivity index (χ2v) is 4.56. The normalized spacial score (nSPS) is 16.3. The number of carboxylic acids is 1. The van der Waals surface area contributed by atoms with Crippen LogP contribution in [0.4, 0.5) is 4.79 Å². The van der Waals surface area contributed by atoms with Crippen LogP contribution in [-0.4, -0.2) is 54.9 Å². The van der Waals surface area contributed by atoms with Crippen molar-refractivity contribution in [1.29, 1.82) is 0 Å². The van der Waals surface area contributed by atoms with Crippen molar-refractivity contribution >= 4 is 12.0 Å². The van der Waals surface area contributed by atoms with Gasteiger partial charge in [-0.25, -0.2) is 4.79 Å². The number of hydrogen-bond donors (Lipinski definition) is 2. The van der Waals surface area contributed by atoms with Crippen LogP contribution < -0.4 is 5.32 Å². The molecule has 0 atom stereocenters. The van der Waals surface area contributed by atoms with E-state index < -0.39 is 5.97 Å². The monoisotopic (exact) mass is 258 g/mol. The first-order valence-electron chi connectivity index (χ1n) is 6.45. The largest absolute Gasteiger partial charge is 0.480 e. The molecule has 0 aromatic carbocycles. The van der Waals surface area contributed by atoms with E-state index in [0.29, 0.717) is 19.0 Å². The number of aliphatic carboxylic acids is 1. The smallest absolute Gasteiger partial charge is 0.323 e. The lowest BCUT2D eigenvalue weighted by molar-refractivity contribution is -0.137. The number of carbonyl (C=O) groups excluding carboxylic acids is 1. The molecule has 1 rings (SSSR count). The molecule has 0 unspecified atom stereocenters. The summed E-state index contributed by atoms with van der Waals surface area (Å²) >= 11 is 0. The summed E-state index contributed by atoms with van der Waals surface area (Å²) in [5, 5.41) is 11.5. The predicted octanol–water partition coefficient (Wildman–Crippen LogP) is 0.919. The molecule has 1 aliphatic rings. The maximum atomic E-state index is 11.8. The molecule has 0 spiro atoms. The highest BCUT2D eigenvalue weighted by Crippen LogP contribution is 2.13. The lowest BCUT2D eigenvalue weighted by Crippen LogP contribution is -2.45. The fourth-order valence-corrected chi connectivity index (χ4v) is 1.98. The number of ether oxygens (including phenoxy) is 1. The topological polar surface area (TPSA) is 78.9 Å². The summed E-state index contributed by atoms with van der Waals surface area (Å²) in [6.07, 6.45) is 2.65. The molecule has 0 aromatic rings. The third kappa shape index (κ3) is 5.35. The molecule has 1 aliphatic heterocycles. The van der Waals surface area contributed by atoms with Gasteiger partial charge in [-0.2, -0.15) is 0 Å². The van der Waals surface area contributed by atoms with E-state index in [1.54, 1.807) is 0 Å². The van der Waals surface area contributed by atoms with Gasteiger partial charge in [0.25, 0.3) is 0 Å². The van der Waals surface area contributed by atoms with E-state index in [-0.39, 0.29) is 12.6 Å². The van der Waals surface area contributed by atoms with Gasteiger partial charge in [-0.15, -0.1) is 0 Å². The Morgan fingerprint density at radius 1 is 1.39 bits per heavy atom. The van der Waals surface area contributed by atoms with Crippen LogP contribution in [0.15, 0.2) is 0 Å². The van der Waals surface area contributed by atoms with Crippen LogP contribution in [0, 0.1) is 5.92 Å². The zero-order valence-corrected chi connectivity index (χ0v) is 10.9. The van der Waals surface area contributed by atoms with E-state index in [0.717, 1.165) is 32.5 Å². The SMILES string of the molecule is CCCN(CC(=O)O)C(=O)NCC1CCOCC1. The molecule has 0 bridgehead atoms. The van der Waals surface area contributed by atoms with E-state index in [2.05, 4.69) is 5.32 Å². The molecule has 6 nitrogen and oxygen atoms in total. The van der Waals surface area contributed by atoms with E-state index in [9.17, 15) is 9.59 Å². The van der Waals surface area contributed by atoms with Gasteiger partial charge in [0, 0.05) is 26.3 Å². The Kier molecular flexibility index (Phi) is 6.49. The molecular formula is C12H22N2O4. The standard InChI is InChI=1S/C12H22N2O4/c1-2-5-14(9-11(15)16)12(17)13-8-10-3-6-18-7-4-10/h10H,2-9H2,1H3,(H,13,17)(H,15,16). The van der Waals surface area contributed by atoms with Crippen molar-refractivity contribution in [2.45, 2.75) is 26.2 Å². The highest BCUT2D eigenvalue weighted by Gasteiger charge is 2.18. The number of nitrogens with zero attached hydrogens (tertiary/aromatic N) is 1. The molecule has 2 N–H and O–H groups in total. The van der Waals surface area contributed by atoms with Crippen molar-refractivity contribution in [2.75, 3.05) is 32.8 Å². The number of carbonyl (C=O) groups is 2. The van der Waals surface area contributed by atoms with Crippen LogP contribution in [0.2, 0.25) is 0 Å². The fourth-order valence-electron chi connectivity index (χ4n) is 1.98. The summed E-state index contributed by atoms with van der Waals surface area (Å²) in [4.78, 5) is 23.8. The molecule has 2 amide bonds. The van der Waals surface area contributed by atoms with Crippen LogP contribution in [0.3, 0.4) is 0 Å². The van der Waals surface area contributed by atoms with E-state index >= 15 is 0 Å². The molecule has 0 saturated carbocycles.